The van der Waals surface area contributed by atoms with E-state index in [2.05, 4.69) is 22.6 Å². The summed E-state index contributed by atoms with van der Waals surface area (Å²) >= 11 is 8.25. The summed E-state index contributed by atoms with van der Waals surface area (Å²) < 4.78 is 6.56. The van der Waals surface area contributed by atoms with Crippen LogP contribution < -0.4 is 10.5 Å². The van der Waals surface area contributed by atoms with Gasteiger partial charge in [0.15, 0.2) is 0 Å². The second kappa shape index (κ2) is 3.63. The molecule has 4 heteroatoms. The van der Waals surface area contributed by atoms with Crippen molar-refractivity contribution in [2.45, 2.75) is 12.5 Å². The fraction of sp³-hybridized carbons (Fsp3) is 0.333. The molecular weight excluding hydrogens is 300 g/mol. The minimum Gasteiger partial charge on any atom is -0.492 e. The van der Waals surface area contributed by atoms with Gasteiger partial charge in [0.25, 0.3) is 0 Å². The molecule has 0 fully saturated rings. The molecule has 70 valence electrons. The van der Waals surface area contributed by atoms with E-state index in [4.69, 9.17) is 22.1 Å². The van der Waals surface area contributed by atoms with E-state index in [0.717, 1.165) is 21.3 Å². The van der Waals surface area contributed by atoms with E-state index in [1.54, 1.807) is 0 Å². The zero-order valence-electron chi connectivity index (χ0n) is 6.89. The summed E-state index contributed by atoms with van der Waals surface area (Å²) in [7, 11) is 0. The van der Waals surface area contributed by atoms with Crippen LogP contribution in [0.1, 0.15) is 18.0 Å². The highest BCUT2D eigenvalue weighted by atomic mass is 127. The lowest BCUT2D eigenvalue weighted by atomic mass is 10.0. The Bertz CT molecular complexity index is 343. The first-order valence-corrected chi connectivity index (χ1v) is 5.51. The molecule has 2 nitrogen and oxygen atoms in total. The zero-order chi connectivity index (χ0) is 9.42. The Morgan fingerprint density at radius 2 is 2.31 bits per heavy atom. The third-order valence-electron chi connectivity index (χ3n) is 2.11. The van der Waals surface area contributed by atoms with E-state index in [9.17, 15) is 0 Å². The molecule has 0 spiro atoms. The van der Waals surface area contributed by atoms with Crippen LogP contribution in [0.5, 0.6) is 5.75 Å². The average molecular weight is 310 g/mol. The molecular formula is C9H9ClINO. The summed E-state index contributed by atoms with van der Waals surface area (Å²) in [4.78, 5) is 0. The minimum absolute atomic E-state index is 0.0657. The van der Waals surface area contributed by atoms with Crippen LogP contribution in [-0.2, 0) is 0 Å². The molecule has 2 rings (SSSR count). The van der Waals surface area contributed by atoms with Crippen molar-refractivity contribution in [3.63, 3.8) is 0 Å². The quantitative estimate of drug-likeness (QED) is 0.748. The number of benzene rings is 1. The first-order valence-electron chi connectivity index (χ1n) is 4.06. The van der Waals surface area contributed by atoms with Crippen LogP contribution in [0, 0.1) is 3.57 Å². The number of hydrogen-bond acceptors (Lipinski definition) is 2. The molecule has 0 saturated heterocycles. The maximum absolute atomic E-state index is 6.03. The Balaban J connectivity index is 2.56. The van der Waals surface area contributed by atoms with Crippen molar-refractivity contribution in [3.05, 3.63) is 26.3 Å². The van der Waals surface area contributed by atoms with Gasteiger partial charge in [-0.2, -0.15) is 0 Å². The fourth-order valence-corrected chi connectivity index (χ4v) is 2.56. The Morgan fingerprint density at radius 1 is 1.54 bits per heavy atom. The van der Waals surface area contributed by atoms with Crippen molar-refractivity contribution in [3.8, 4) is 5.75 Å². The van der Waals surface area contributed by atoms with E-state index in [0.29, 0.717) is 11.6 Å². The Labute approximate surface area is 95.5 Å². The van der Waals surface area contributed by atoms with Crippen LogP contribution in [0.15, 0.2) is 12.1 Å². The van der Waals surface area contributed by atoms with Crippen LogP contribution in [0.3, 0.4) is 0 Å². The Hall–Kier alpha value is -0.0000000000000000555. The molecule has 13 heavy (non-hydrogen) atoms. The van der Waals surface area contributed by atoms with E-state index in [1.165, 1.54) is 0 Å². The number of rotatable bonds is 0. The molecule has 0 saturated carbocycles. The first-order chi connectivity index (χ1) is 6.18. The van der Waals surface area contributed by atoms with Crippen molar-refractivity contribution in [1.29, 1.82) is 0 Å². The summed E-state index contributed by atoms with van der Waals surface area (Å²) in [6, 6.07) is 3.99. The molecule has 0 aliphatic carbocycles. The molecule has 1 aromatic rings. The third-order valence-corrected chi connectivity index (χ3v) is 3.02. The van der Waals surface area contributed by atoms with Gasteiger partial charge in [-0.05, 0) is 34.7 Å². The SMILES string of the molecule is N[C@H]1CCOc2c(Cl)cc(I)cc21. The second-order valence-electron chi connectivity index (χ2n) is 3.05. The molecule has 1 atom stereocenters. The van der Waals surface area contributed by atoms with Gasteiger partial charge in [-0.1, -0.05) is 11.6 Å². The topological polar surface area (TPSA) is 35.2 Å². The van der Waals surface area contributed by atoms with Crippen molar-refractivity contribution < 1.29 is 4.74 Å². The van der Waals surface area contributed by atoms with Gasteiger partial charge in [-0.3, -0.25) is 0 Å². The normalized spacial score (nSPS) is 20.7. The maximum Gasteiger partial charge on any atom is 0.142 e. The van der Waals surface area contributed by atoms with Gasteiger partial charge >= 0.3 is 0 Å². The van der Waals surface area contributed by atoms with E-state index in [1.807, 2.05) is 12.1 Å². The van der Waals surface area contributed by atoms with Gasteiger partial charge in [0.1, 0.15) is 5.75 Å². The number of fused-ring (bicyclic) bond motifs is 1. The van der Waals surface area contributed by atoms with Crippen LogP contribution in [0.2, 0.25) is 5.02 Å². The molecule has 1 aromatic carbocycles. The zero-order valence-corrected chi connectivity index (χ0v) is 9.80. The monoisotopic (exact) mass is 309 g/mol. The Kier molecular flexibility index (Phi) is 2.67. The van der Waals surface area contributed by atoms with Crippen molar-refractivity contribution in [2.24, 2.45) is 5.73 Å². The molecule has 1 aliphatic heterocycles. The number of halogens is 2. The van der Waals surface area contributed by atoms with Crippen LogP contribution >= 0.6 is 34.2 Å². The maximum atomic E-state index is 6.03. The van der Waals surface area contributed by atoms with Gasteiger partial charge in [0.05, 0.1) is 11.6 Å². The molecule has 1 aliphatic rings. The highest BCUT2D eigenvalue weighted by molar-refractivity contribution is 14.1. The fourth-order valence-electron chi connectivity index (χ4n) is 1.45. The molecule has 1 heterocycles. The number of hydrogen-bond donors (Lipinski definition) is 1. The van der Waals surface area contributed by atoms with Crippen LogP contribution in [0.25, 0.3) is 0 Å². The average Bonchev–Trinajstić information content (AvgIpc) is 2.07. The van der Waals surface area contributed by atoms with Crippen molar-refractivity contribution >= 4 is 34.2 Å². The smallest absolute Gasteiger partial charge is 0.142 e. The molecule has 0 bridgehead atoms. The lowest BCUT2D eigenvalue weighted by molar-refractivity contribution is 0.269. The van der Waals surface area contributed by atoms with Crippen LogP contribution in [-0.4, -0.2) is 6.61 Å². The second-order valence-corrected chi connectivity index (χ2v) is 4.70. The van der Waals surface area contributed by atoms with Gasteiger partial charge in [0.2, 0.25) is 0 Å². The predicted octanol–water partition coefficient (Wildman–Crippen LogP) is 2.73. The largest absolute Gasteiger partial charge is 0.492 e. The molecule has 0 amide bonds. The van der Waals surface area contributed by atoms with E-state index >= 15 is 0 Å². The highest BCUT2D eigenvalue weighted by Crippen LogP contribution is 2.37. The van der Waals surface area contributed by atoms with Crippen molar-refractivity contribution in [1.82, 2.24) is 0 Å². The van der Waals surface area contributed by atoms with Gasteiger partial charge < -0.3 is 10.5 Å². The lowest BCUT2D eigenvalue weighted by Crippen LogP contribution is -2.20. The standard InChI is InChI=1S/C9H9ClINO/c10-7-4-5(11)3-6-8(12)1-2-13-9(6)7/h3-4,8H,1-2,12H2/t8-/m0/s1. The summed E-state index contributed by atoms with van der Waals surface area (Å²) in [6.07, 6.45) is 0.865. The number of nitrogens with two attached hydrogens (primary N) is 1. The van der Waals surface area contributed by atoms with E-state index < -0.39 is 0 Å². The molecule has 0 radical (unpaired) electrons. The number of ether oxygens (including phenoxy) is 1. The van der Waals surface area contributed by atoms with Gasteiger partial charge in [0, 0.05) is 21.6 Å². The summed E-state index contributed by atoms with van der Waals surface area (Å²) in [6.45, 7) is 0.661. The van der Waals surface area contributed by atoms with E-state index in [-0.39, 0.29) is 6.04 Å². The lowest BCUT2D eigenvalue weighted by Gasteiger charge is -2.23. The summed E-state index contributed by atoms with van der Waals surface area (Å²) in [5.41, 5.74) is 6.97. The molecule has 0 unspecified atom stereocenters. The van der Waals surface area contributed by atoms with Gasteiger partial charge in [-0.15, -0.1) is 0 Å². The third kappa shape index (κ3) is 1.78. The van der Waals surface area contributed by atoms with Crippen molar-refractivity contribution in [2.75, 3.05) is 6.61 Å². The Morgan fingerprint density at radius 3 is 3.08 bits per heavy atom. The first kappa shape index (κ1) is 9.55. The highest BCUT2D eigenvalue weighted by Gasteiger charge is 2.20. The summed E-state index contributed by atoms with van der Waals surface area (Å²) in [5, 5.41) is 0.664. The predicted molar refractivity (Wildman–Crippen MR) is 61.2 cm³/mol. The van der Waals surface area contributed by atoms with Gasteiger partial charge in [-0.25, -0.2) is 0 Å². The molecule has 2 N–H and O–H groups in total. The summed E-state index contributed by atoms with van der Waals surface area (Å²) in [5.74, 6) is 0.765. The molecule has 0 aromatic heterocycles. The van der Waals surface area contributed by atoms with Crippen LogP contribution in [0.4, 0.5) is 0 Å². The minimum atomic E-state index is 0.0657.